The Morgan fingerprint density at radius 2 is 2.23 bits per heavy atom. The molecule has 1 saturated heterocycles. The molecule has 0 spiro atoms. The number of benzene rings is 1. The minimum Gasteiger partial charge on any atom is -0.375 e. The Kier molecular flexibility index (Phi) is 4.13. The molecule has 2 N–H and O–H groups in total. The molecule has 6 heteroatoms. The average molecular weight is 303 g/mol. The van der Waals surface area contributed by atoms with E-state index in [4.69, 9.17) is 4.74 Å². The average Bonchev–Trinajstić information content (AvgIpc) is 2.91. The van der Waals surface area contributed by atoms with E-state index < -0.39 is 0 Å². The van der Waals surface area contributed by atoms with E-state index in [-0.39, 0.29) is 24.0 Å². The monoisotopic (exact) mass is 303 g/mol. The normalized spacial score (nSPS) is 24.0. The van der Waals surface area contributed by atoms with Crippen LogP contribution in [0.3, 0.4) is 0 Å². The van der Waals surface area contributed by atoms with Crippen molar-refractivity contribution >= 4 is 23.2 Å². The Morgan fingerprint density at radius 3 is 2.95 bits per heavy atom. The Balaban J connectivity index is 1.71. The molecule has 1 aromatic carbocycles. The molecule has 0 unspecified atom stereocenters. The van der Waals surface area contributed by atoms with Crippen LogP contribution in [-0.4, -0.2) is 43.7 Å². The zero-order valence-electron chi connectivity index (χ0n) is 12.9. The maximum absolute atomic E-state index is 12.3. The summed E-state index contributed by atoms with van der Waals surface area (Å²) in [6.45, 7) is 5.48. The van der Waals surface area contributed by atoms with Gasteiger partial charge in [-0.1, -0.05) is 0 Å². The number of rotatable bonds is 2. The first-order valence-electron chi connectivity index (χ1n) is 7.63. The van der Waals surface area contributed by atoms with Gasteiger partial charge in [0.2, 0.25) is 11.8 Å². The van der Waals surface area contributed by atoms with Crippen LogP contribution in [0, 0.1) is 0 Å². The molecule has 0 bridgehead atoms. The van der Waals surface area contributed by atoms with Gasteiger partial charge in [0.25, 0.3) is 0 Å². The molecule has 118 valence electrons. The lowest BCUT2D eigenvalue weighted by atomic mass is 10.1. The number of ether oxygens (including phenoxy) is 1. The summed E-state index contributed by atoms with van der Waals surface area (Å²) in [5.74, 6) is -0.0403. The molecule has 1 aromatic rings. The van der Waals surface area contributed by atoms with Crippen molar-refractivity contribution in [2.75, 3.05) is 29.9 Å². The summed E-state index contributed by atoms with van der Waals surface area (Å²) in [5, 5.41) is 6.10. The van der Waals surface area contributed by atoms with E-state index in [1.165, 1.54) is 0 Å². The zero-order valence-corrected chi connectivity index (χ0v) is 12.9. The molecule has 22 heavy (non-hydrogen) atoms. The molecular weight excluding hydrogens is 282 g/mol. The van der Waals surface area contributed by atoms with Gasteiger partial charge in [0.1, 0.15) is 6.04 Å². The fourth-order valence-electron chi connectivity index (χ4n) is 3.05. The third-order valence-electron chi connectivity index (χ3n) is 4.22. The zero-order chi connectivity index (χ0) is 15.7. The second-order valence-electron chi connectivity index (χ2n) is 5.76. The number of morpholine rings is 1. The number of anilines is 2. The van der Waals surface area contributed by atoms with Crippen molar-refractivity contribution in [3.63, 3.8) is 0 Å². The van der Waals surface area contributed by atoms with E-state index in [1.807, 2.05) is 25.1 Å². The quantitative estimate of drug-likeness (QED) is 0.852. The van der Waals surface area contributed by atoms with Crippen molar-refractivity contribution < 1.29 is 14.3 Å². The Morgan fingerprint density at radius 1 is 1.41 bits per heavy atom. The van der Waals surface area contributed by atoms with E-state index in [0.717, 1.165) is 23.4 Å². The molecule has 2 atom stereocenters. The lowest BCUT2D eigenvalue weighted by Gasteiger charge is -2.29. The summed E-state index contributed by atoms with van der Waals surface area (Å²) in [6, 6.07) is 5.35. The van der Waals surface area contributed by atoms with Gasteiger partial charge >= 0.3 is 0 Å². The molecular formula is C16H21N3O3. The third-order valence-corrected chi connectivity index (χ3v) is 4.22. The molecule has 3 rings (SSSR count). The van der Waals surface area contributed by atoms with Crippen LogP contribution in [0.5, 0.6) is 0 Å². The lowest BCUT2D eigenvalue weighted by molar-refractivity contribution is -0.123. The Hall–Kier alpha value is -1.92. The van der Waals surface area contributed by atoms with Gasteiger partial charge in [-0.05, 0) is 37.1 Å². The topological polar surface area (TPSA) is 70.7 Å². The van der Waals surface area contributed by atoms with Crippen molar-refractivity contribution in [1.82, 2.24) is 5.32 Å². The second kappa shape index (κ2) is 6.06. The number of hydrogen-bond donors (Lipinski definition) is 2. The van der Waals surface area contributed by atoms with Gasteiger partial charge in [-0.2, -0.15) is 0 Å². The minimum absolute atomic E-state index is 0.0490. The van der Waals surface area contributed by atoms with Gasteiger partial charge in [0.05, 0.1) is 12.7 Å². The van der Waals surface area contributed by atoms with E-state index in [0.29, 0.717) is 19.7 Å². The fraction of sp³-hybridized carbons (Fsp3) is 0.500. The molecule has 0 radical (unpaired) electrons. The lowest BCUT2D eigenvalue weighted by Crippen LogP contribution is -2.53. The number of fused-ring (bicyclic) bond motifs is 1. The molecule has 1 fully saturated rings. The Labute approximate surface area is 129 Å². The molecule has 2 aliphatic rings. The Bertz CT molecular complexity index is 602. The highest BCUT2D eigenvalue weighted by atomic mass is 16.5. The number of nitrogens with zero attached hydrogens (tertiary/aromatic N) is 1. The van der Waals surface area contributed by atoms with Crippen LogP contribution in [0.2, 0.25) is 0 Å². The van der Waals surface area contributed by atoms with Crippen LogP contribution in [0.4, 0.5) is 11.4 Å². The smallest absolute Gasteiger partial charge is 0.244 e. The van der Waals surface area contributed by atoms with Crippen molar-refractivity contribution in [2.45, 2.75) is 32.4 Å². The number of hydrogen-bond acceptors (Lipinski definition) is 4. The molecule has 0 saturated carbocycles. The van der Waals surface area contributed by atoms with Crippen molar-refractivity contribution in [3.05, 3.63) is 23.8 Å². The largest absolute Gasteiger partial charge is 0.375 e. The summed E-state index contributed by atoms with van der Waals surface area (Å²) in [4.78, 5) is 25.6. The SMILES string of the molecule is CC(=O)N1CCc2cc(NC(=O)[C@H]3NCCO[C@@H]3C)ccc21. The number of nitrogens with one attached hydrogen (secondary N) is 2. The maximum Gasteiger partial charge on any atom is 0.244 e. The summed E-state index contributed by atoms with van der Waals surface area (Å²) < 4.78 is 5.50. The van der Waals surface area contributed by atoms with Crippen molar-refractivity contribution in [1.29, 1.82) is 0 Å². The van der Waals surface area contributed by atoms with Crippen LogP contribution in [0.1, 0.15) is 19.4 Å². The highest BCUT2D eigenvalue weighted by Gasteiger charge is 2.29. The highest BCUT2D eigenvalue weighted by molar-refractivity contribution is 5.97. The van der Waals surface area contributed by atoms with E-state index in [2.05, 4.69) is 10.6 Å². The fourth-order valence-corrected chi connectivity index (χ4v) is 3.05. The highest BCUT2D eigenvalue weighted by Crippen LogP contribution is 2.30. The molecule has 0 aromatic heterocycles. The number of amides is 2. The molecule has 0 aliphatic carbocycles. The first-order valence-corrected chi connectivity index (χ1v) is 7.63. The molecule has 2 aliphatic heterocycles. The van der Waals surface area contributed by atoms with Crippen molar-refractivity contribution in [3.8, 4) is 0 Å². The summed E-state index contributed by atoms with van der Waals surface area (Å²) in [6.07, 6.45) is 0.677. The number of carbonyl (C=O) groups excluding carboxylic acids is 2. The van der Waals surface area contributed by atoms with Crippen LogP contribution in [0.25, 0.3) is 0 Å². The second-order valence-corrected chi connectivity index (χ2v) is 5.76. The van der Waals surface area contributed by atoms with E-state index in [1.54, 1.807) is 11.8 Å². The standard InChI is InChI=1S/C16H21N3O3/c1-10-15(17-6-8-22-10)16(21)18-13-3-4-14-12(9-13)5-7-19(14)11(2)20/h3-4,9-10,15,17H,5-8H2,1-2H3,(H,18,21)/t10-,15+/m1/s1. The van der Waals surface area contributed by atoms with Crippen LogP contribution in [-0.2, 0) is 20.7 Å². The van der Waals surface area contributed by atoms with Crippen LogP contribution >= 0.6 is 0 Å². The molecule has 2 heterocycles. The predicted octanol–water partition coefficient (Wildman–Crippen LogP) is 0.911. The van der Waals surface area contributed by atoms with Crippen LogP contribution in [0.15, 0.2) is 18.2 Å². The van der Waals surface area contributed by atoms with Crippen LogP contribution < -0.4 is 15.5 Å². The van der Waals surface area contributed by atoms with Gasteiger partial charge < -0.3 is 20.3 Å². The number of carbonyl (C=O) groups is 2. The van der Waals surface area contributed by atoms with Gasteiger partial charge in [0.15, 0.2) is 0 Å². The van der Waals surface area contributed by atoms with Gasteiger partial charge in [0, 0.05) is 31.4 Å². The van der Waals surface area contributed by atoms with Crippen molar-refractivity contribution in [2.24, 2.45) is 0 Å². The van der Waals surface area contributed by atoms with Gasteiger partial charge in [-0.3, -0.25) is 9.59 Å². The third kappa shape index (κ3) is 2.84. The van der Waals surface area contributed by atoms with Gasteiger partial charge in [-0.15, -0.1) is 0 Å². The first-order chi connectivity index (χ1) is 10.6. The predicted molar refractivity (Wildman–Crippen MR) is 84.0 cm³/mol. The first kappa shape index (κ1) is 15.0. The van der Waals surface area contributed by atoms with E-state index in [9.17, 15) is 9.59 Å². The van der Waals surface area contributed by atoms with Gasteiger partial charge in [-0.25, -0.2) is 0 Å². The molecule has 6 nitrogen and oxygen atoms in total. The minimum atomic E-state index is -0.337. The summed E-state index contributed by atoms with van der Waals surface area (Å²) >= 11 is 0. The maximum atomic E-state index is 12.3. The summed E-state index contributed by atoms with van der Waals surface area (Å²) in [5.41, 5.74) is 2.79. The summed E-state index contributed by atoms with van der Waals surface area (Å²) in [7, 11) is 0. The molecule has 2 amide bonds. The van der Waals surface area contributed by atoms with E-state index >= 15 is 0 Å².